The summed E-state index contributed by atoms with van der Waals surface area (Å²) in [5, 5.41) is 2.74. The molecule has 6 heteroatoms. The average molecular weight is 383 g/mol. The van der Waals surface area contributed by atoms with Gasteiger partial charge in [-0.1, -0.05) is 18.6 Å². The first-order chi connectivity index (χ1) is 13.7. The standard InChI is InChI=1S/C22H25NO5/c1-26-19-9-5-6-10-20(19)27-15-21(24)23-17-13-11-16(12-14-17)22(25)28-18-7-3-2-4-8-18/h5-6,9-14,18H,2-4,7-8,15H2,1H3,(H,23,24). The molecule has 28 heavy (non-hydrogen) atoms. The molecule has 148 valence electrons. The van der Waals surface area contributed by atoms with Gasteiger partial charge >= 0.3 is 5.97 Å². The lowest BCUT2D eigenvalue weighted by Gasteiger charge is -2.21. The number of esters is 1. The topological polar surface area (TPSA) is 73.9 Å². The molecule has 1 fully saturated rings. The van der Waals surface area contributed by atoms with Crippen molar-refractivity contribution < 1.29 is 23.8 Å². The van der Waals surface area contributed by atoms with Gasteiger partial charge in [-0.05, 0) is 62.1 Å². The number of carbonyl (C=O) groups is 2. The molecule has 2 aromatic carbocycles. The SMILES string of the molecule is COc1ccccc1OCC(=O)Nc1ccc(C(=O)OC2CCCCC2)cc1. The van der Waals surface area contributed by atoms with Crippen molar-refractivity contribution in [3.05, 3.63) is 54.1 Å². The second-order valence-corrected chi connectivity index (χ2v) is 6.73. The Kier molecular flexibility index (Phi) is 6.89. The molecular weight excluding hydrogens is 358 g/mol. The number of amides is 1. The van der Waals surface area contributed by atoms with E-state index in [-0.39, 0.29) is 24.6 Å². The Morgan fingerprint density at radius 2 is 1.64 bits per heavy atom. The van der Waals surface area contributed by atoms with Crippen LogP contribution in [0.2, 0.25) is 0 Å². The highest BCUT2D eigenvalue weighted by Crippen LogP contribution is 2.25. The van der Waals surface area contributed by atoms with Gasteiger partial charge in [-0.25, -0.2) is 4.79 Å². The van der Waals surface area contributed by atoms with Gasteiger partial charge in [-0.3, -0.25) is 4.79 Å². The summed E-state index contributed by atoms with van der Waals surface area (Å²) in [6.45, 7) is -0.147. The van der Waals surface area contributed by atoms with Crippen molar-refractivity contribution in [2.75, 3.05) is 19.0 Å². The summed E-state index contributed by atoms with van der Waals surface area (Å²) in [6.07, 6.45) is 5.33. The lowest BCUT2D eigenvalue weighted by Crippen LogP contribution is -2.21. The maximum atomic E-state index is 12.2. The second-order valence-electron chi connectivity index (χ2n) is 6.73. The van der Waals surface area contributed by atoms with Gasteiger partial charge in [0.2, 0.25) is 0 Å². The summed E-state index contributed by atoms with van der Waals surface area (Å²) in [7, 11) is 1.54. The van der Waals surface area contributed by atoms with Crippen LogP contribution in [-0.2, 0) is 9.53 Å². The minimum Gasteiger partial charge on any atom is -0.493 e. The third-order valence-electron chi connectivity index (χ3n) is 4.66. The van der Waals surface area contributed by atoms with Gasteiger partial charge in [0.1, 0.15) is 6.10 Å². The Morgan fingerprint density at radius 1 is 0.964 bits per heavy atom. The van der Waals surface area contributed by atoms with Crippen LogP contribution in [-0.4, -0.2) is 31.7 Å². The van der Waals surface area contributed by atoms with Crippen LogP contribution < -0.4 is 14.8 Å². The van der Waals surface area contributed by atoms with E-state index in [0.717, 1.165) is 25.7 Å². The molecule has 1 N–H and O–H groups in total. The Balaban J connectivity index is 1.49. The maximum Gasteiger partial charge on any atom is 0.338 e. The molecular formula is C22H25NO5. The van der Waals surface area contributed by atoms with Crippen molar-refractivity contribution in [3.8, 4) is 11.5 Å². The second kappa shape index (κ2) is 9.78. The quantitative estimate of drug-likeness (QED) is 0.725. The Labute approximate surface area is 164 Å². The van der Waals surface area contributed by atoms with Crippen LogP contribution in [0.25, 0.3) is 0 Å². The molecule has 0 radical (unpaired) electrons. The van der Waals surface area contributed by atoms with E-state index < -0.39 is 0 Å². The van der Waals surface area contributed by atoms with Crippen LogP contribution in [0.4, 0.5) is 5.69 Å². The number of rotatable bonds is 7. The van der Waals surface area contributed by atoms with E-state index in [9.17, 15) is 9.59 Å². The summed E-state index contributed by atoms with van der Waals surface area (Å²) in [5.74, 6) is 0.449. The fourth-order valence-corrected chi connectivity index (χ4v) is 3.17. The van der Waals surface area contributed by atoms with Crippen LogP contribution in [0, 0.1) is 0 Å². The van der Waals surface area contributed by atoms with E-state index >= 15 is 0 Å². The molecule has 1 aliphatic rings. The van der Waals surface area contributed by atoms with Crippen LogP contribution in [0.3, 0.4) is 0 Å². The van der Waals surface area contributed by atoms with E-state index in [0.29, 0.717) is 22.7 Å². The van der Waals surface area contributed by atoms with Crippen molar-refractivity contribution >= 4 is 17.6 Å². The van der Waals surface area contributed by atoms with Crippen LogP contribution in [0.5, 0.6) is 11.5 Å². The zero-order valence-electron chi connectivity index (χ0n) is 16.0. The van der Waals surface area contributed by atoms with Crippen molar-refractivity contribution in [1.82, 2.24) is 0 Å². The number of hydrogen-bond donors (Lipinski definition) is 1. The summed E-state index contributed by atoms with van der Waals surface area (Å²) in [5.41, 5.74) is 1.07. The average Bonchev–Trinajstić information content (AvgIpc) is 2.73. The highest BCUT2D eigenvalue weighted by atomic mass is 16.5. The molecule has 6 nitrogen and oxygen atoms in total. The molecule has 2 aromatic rings. The van der Waals surface area contributed by atoms with E-state index in [1.165, 1.54) is 6.42 Å². The Morgan fingerprint density at radius 3 is 2.32 bits per heavy atom. The van der Waals surface area contributed by atoms with E-state index in [1.54, 1.807) is 49.6 Å². The fourth-order valence-electron chi connectivity index (χ4n) is 3.17. The normalized spacial score (nSPS) is 14.2. The number of carbonyl (C=O) groups excluding carboxylic acids is 2. The molecule has 0 unspecified atom stereocenters. The molecule has 0 saturated heterocycles. The highest BCUT2D eigenvalue weighted by Gasteiger charge is 2.18. The van der Waals surface area contributed by atoms with Gasteiger partial charge in [0, 0.05) is 5.69 Å². The van der Waals surface area contributed by atoms with E-state index in [4.69, 9.17) is 14.2 Å². The molecule has 3 rings (SSSR count). The molecule has 0 spiro atoms. The largest absolute Gasteiger partial charge is 0.493 e. The lowest BCUT2D eigenvalue weighted by atomic mass is 9.98. The summed E-state index contributed by atoms with van der Waals surface area (Å²) in [6, 6.07) is 13.8. The van der Waals surface area contributed by atoms with Crippen molar-refractivity contribution in [2.45, 2.75) is 38.2 Å². The molecule has 0 atom stereocenters. The monoisotopic (exact) mass is 383 g/mol. The molecule has 0 aromatic heterocycles. The van der Waals surface area contributed by atoms with Crippen LogP contribution >= 0.6 is 0 Å². The smallest absolute Gasteiger partial charge is 0.338 e. The van der Waals surface area contributed by atoms with Crippen molar-refractivity contribution in [2.24, 2.45) is 0 Å². The Hall–Kier alpha value is -3.02. The number of nitrogens with one attached hydrogen (secondary N) is 1. The number of methoxy groups -OCH3 is 1. The third-order valence-corrected chi connectivity index (χ3v) is 4.66. The first-order valence-electron chi connectivity index (χ1n) is 9.52. The molecule has 1 saturated carbocycles. The van der Waals surface area contributed by atoms with E-state index in [2.05, 4.69) is 5.32 Å². The van der Waals surface area contributed by atoms with Gasteiger partial charge in [-0.15, -0.1) is 0 Å². The predicted octanol–water partition coefficient (Wildman–Crippen LogP) is 4.20. The molecule has 0 heterocycles. The van der Waals surface area contributed by atoms with Crippen LogP contribution in [0.15, 0.2) is 48.5 Å². The first-order valence-corrected chi connectivity index (χ1v) is 9.52. The summed E-state index contributed by atoms with van der Waals surface area (Å²) in [4.78, 5) is 24.3. The molecule has 0 bridgehead atoms. The lowest BCUT2D eigenvalue weighted by molar-refractivity contribution is -0.118. The minimum atomic E-state index is -0.315. The molecule has 0 aliphatic heterocycles. The third kappa shape index (κ3) is 5.49. The Bertz CT molecular complexity index is 797. The number of hydrogen-bond acceptors (Lipinski definition) is 5. The van der Waals surface area contributed by atoms with Gasteiger partial charge < -0.3 is 19.5 Å². The van der Waals surface area contributed by atoms with Gasteiger partial charge in [0.05, 0.1) is 12.7 Å². The zero-order chi connectivity index (χ0) is 19.8. The maximum absolute atomic E-state index is 12.2. The van der Waals surface area contributed by atoms with Crippen LogP contribution in [0.1, 0.15) is 42.5 Å². The summed E-state index contributed by atoms with van der Waals surface area (Å²) < 4.78 is 16.2. The van der Waals surface area contributed by atoms with E-state index in [1.807, 2.05) is 6.07 Å². The number of ether oxygens (including phenoxy) is 3. The van der Waals surface area contributed by atoms with Crippen molar-refractivity contribution in [1.29, 1.82) is 0 Å². The first kappa shape index (κ1) is 19.7. The molecule has 1 aliphatic carbocycles. The van der Waals surface area contributed by atoms with Gasteiger partial charge in [0.15, 0.2) is 18.1 Å². The number of benzene rings is 2. The minimum absolute atomic E-state index is 0.0211. The zero-order valence-corrected chi connectivity index (χ0v) is 16.0. The number of para-hydroxylation sites is 2. The van der Waals surface area contributed by atoms with Gasteiger partial charge in [-0.2, -0.15) is 0 Å². The number of anilines is 1. The predicted molar refractivity (Wildman–Crippen MR) is 106 cm³/mol. The molecule has 1 amide bonds. The highest BCUT2D eigenvalue weighted by molar-refractivity contribution is 5.93. The fraction of sp³-hybridized carbons (Fsp3) is 0.364. The summed E-state index contributed by atoms with van der Waals surface area (Å²) >= 11 is 0. The van der Waals surface area contributed by atoms with Crippen molar-refractivity contribution in [3.63, 3.8) is 0 Å². The van der Waals surface area contributed by atoms with Gasteiger partial charge in [0.25, 0.3) is 5.91 Å².